The Balaban J connectivity index is 1.95. The molecule has 2 aliphatic rings. The van der Waals surface area contributed by atoms with Gasteiger partial charge in [-0.05, 0) is 19.9 Å². The highest BCUT2D eigenvalue weighted by atomic mass is 16.5. The van der Waals surface area contributed by atoms with Gasteiger partial charge < -0.3 is 20.3 Å². The first-order valence-corrected chi connectivity index (χ1v) is 7.43. The number of hydrogen-bond donors (Lipinski definition) is 1. The summed E-state index contributed by atoms with van der Waals surface area (Å²) in [4.78, 5) is 27.5. The molecule has 0 aromatic heterocycles. The lowest BCUT2D eigenvalue weighted by Gasteiger charge is -2.34. The van der Waals surface area contributed by atoms with Crippen molar-refractivity contribution < 1.29 is 14.3 Å². The van der Waals surface area contributed by atoms with Crippen LogP contribution in [0.5, 0.6) is 0 Å². The van der Waals surface area contributed by atoms with Gasteiger partial charge in [0.15, 0.2) is 0 Å². The minimum absolute atomic E-state index is 0.00108. The second-order valence-electron chi connectivity index (χ2n) is 5.92. The molecule has 20 heavy (non-hydrogen) atoms. The van der Waals surface area contributed by atoms with E-state index in [4.69, 9.17) is 10.5 Å². The third kappa shape index (κ3) is 4.18. The van der Waals surface area contributed by atoms with E-state index in [1.165, 1.54) is 0 Å². The monoisotopic (exact) mass is 283 g/mol. The Bertz CT molecular complexity index is 356. The van der Waals surface area contributed by atoms with E-state index in [2.05, 4.69) is 4.90 Å². The molecule has 1 atom stereocenters. The summed E-state index contributed by atoms with van der Waals surface area (Å²) in [6, 6.07) is 0. The van der Waals surface area contributed by atoms with Gasteiger partial charge in [-0.15, -0.1) is 0 Å². The number of likely N-dealkylation sites (N-methyl/N-ethyl adjacent to an activating group) is 1. The largest absolute Gasteiger partial charge is 0.374 e. The third-order valence-corrected chi connectivity index (χ3v) is 4.13. The zero-order valence-electron chi connectivity index (χ0n) is 12.2. The lowest BCUT2D eigenvalue weighted by Crippen LogP contribution is -2.50. The van der Waals surface area contributed by atoms with Crippen LogP contribution in [0.15, 0.2) is 0 Å². The first-order chi connectivity index (χ1) is 9.56. The van der Waals surface area contributed by atoms with Crippen LogP contribution in [-0.4, -0.2) is 67.6 Å². The predicted octanol–water partition coefficient (Wildman–Crippen LogP) is -0.179. The van der Waals surface area contributed by atoms with Crippen LogP contribution in [0.2, 0.25) is 0 Å². The molecule has 0 aromatic rings. The number of nitrogens with two attached hydrogens (primary N) is 1. The Kier molecular flexibility index (Phi) is 5.37. The van der Waals surface area contributed by atoms with E-state index in [-0.39, 0.29) is 24.5 Å². The maximum absolute atomic E-state index is 12.5. The van der Waals surface area contributed by atoms with E-state index in [9.17, 15) is 9.59 Å². The van der Waals surface area contributed by atoms with Crippen molar-refractivity contribution in [2.75, 3.05) is 39.8 Å². The molecule has 2 rings (SSSR count). The standard InChI is InChI=1S/C14H25N3O3/c1-16-6-7-20-12(8-16)9-17(10-13(15)18)14(19)11-4-2-3-5-11/h11-12H,2-10H2,1H3,(H2,15,18)/t12-/m0/s1. The number of ether oxygens (including phenoxy) is 1. The summed E-state index contributed by atoms with van der Waals surface area (Å²) >= 11 is 0. The summed E-state index contributed by atoms with van der Waals surface area (Å²) in [6.45, 7) is 2.82. The van der Waals surface area contributed by atoms with E-state index >= 15 is 0 Å². The van der Waals surface area contributed by atoms with Gasteiger partial charge >= 0.3 is 0 Å². The van der Waals surface area contributed by atoms with E-state index in [0.29, 0.717) is 13.2 Å². The zero-order chi connectivity index (χ0) is 14.5. The molecule has 1 saturated carbocycles. The van der Waals surface area contributed by atoms with Crippen LogP contribution >= 0.6 is 0 Å². The SMILES string of the molecule is CN1CCO[C@H](CN(CC(N)=O)C(=O)C2CCCC2)C1. The van der Waals surface area contributed by atoms with Gasteiger partial charge in [-0.3, -0.25) is 9.59 Å². The summed E-state index contributed by atoms with van der Waals surface area (Å²) in [6.07, 6.45) is 4.03. The second-order valence-corrected chi connectivity index (χ2v) is 5.92. The molecule has 2 N–H and O–H groups in total. The van der Waals surface area contributed by atoms with Gasteiger partial charge in [0.2, 0.25) is 11.8 Å². The molecule has 2 fully saturated rings. The Hall–Kier alpha value is -1.14. The Labute approximate surface area is 120 Å². The zero-order valence-corrected chi connectivity index (χ0v) is 12.2. The molecule has 2 amide bonds. The van der Waals surface area contributed by atoms with Crippen molar-refractivity contribution in [3.8, 4) is 0 Å². The summed E-state index contributed by atoms with van der Waals surface area (Å²) in [5.74, 6) is -0.325. The van der Waals surface area contributed by atoms with Crippen molar-refractivity contribution in [1.82, 2.24) is 9.80 Å². The molecule has 0 unspecified atom stereocenters. The first kappa shape index (κ1) is 15.3. The van der Waals surface area contributed by atoms with Gasteiger partial charge in [0, 0.05) is 25.6 Å². The fraction of sp³-hybridized carbons (Fsp3) is 0.857. The van der Waals surface area contributed by atoms with Crippen LogP contribution in [0, 0.1) is 5.92 Å². The summed E-state index contributed by atoms with van der Waals surface area (Å²) < 4.78 is 5.69. The molecule has 1 heterocycles. The van der Waals surface area contributed by atoms with Crippen molar-refractivity contribution in [3.05, 3.63) is 0 Å². The van der Waals surface area contributed by atoms with Gasteiger partial charge in [0.05, 0.1) is 19.3 Å². The predicted molar refractivity (Wildman–Crippen MR) is 75.0 cm³/mol. The van der Waals surface area contributed by atoms with Crippen molar-refractivity contribution in [2.45, 2.75) is 31.8 Å². The summed E-state index contributed by atoms with van der Waals surface area (Å²) in [5, 5.41) is 0. The van der Waals surface area contributed by atoms with E-state index in [0.717, 1.165) is 38.8 Å². The molecule has 1 aliphatic carbocycles. The van der Waals surface area contributed by atoms with Gasteiger partial charge in [-0.1, -0.05) is 12.8 Å². The van der Waals surface area contributed by atoms with E-state index in [1.807, 2.05) is 7.05 Å². The normalized spacial score (nSPS) is 24.8. The van der Waals surface area contributed by atoms with Crippen molar-refractivity contribution in [1.29, 1.82) is 0 Å². The molecule has 0 aromatic carbocycles. The van der Waals surface area contributed by atoms with Crippen molar-refractivity contribution >= 4 is 11.8 Å². The highest BCUT2D eigenvalue weighted by molar-refractivity contribution is 5.85. The first-order valence-electron chi connectivity index (χ1n) is 7.43. The van der Waals surface area contributed by atoms with Gasteiger partial charge in [-0.2, -0.15) is 0 Å². The number of primary amides is 1. The van der Waals surface area contributed by atoms with E-state index < -0.39 is 5.91 Å². The highest BCUT2D eigenvalue weighted by Gasteiger charge is 2.30. The Morgan fingerprint density at radius 2 is 2.05 bits per heavy atom. The molecule has 0 radical (unpaired) electrons. The molecule has 0 spiro atoms. The molecule has 6 heteroatoms. The van der Waals surface area contributed by atoms with Gasteiger partial charge in [-0.25, -0.2) is 0 Å². The number of amides is 2. The second kappa shape index (κ2) is 7.04. The average Bonchev–Trinajstić information content (AvgIpc) is 2.90. The Morgan fingerprint density at radius 1 is 1.35 bits per heavy atom. The maximum Gasteiger partial charge on any atom is 0.237 e. The number of rotatable bonds is 5. The Morgan fingerprint density at radius 3 is 2.65 bits per heavy atom. The molecule has 114 valence electrons. The molecule has 6 nitrogen and oxygen atoms in total. The smallest absolute Gasteiger partial charge is 0.237 e. The molecule has 0 bridgehead atoms. The number of morpholine rings is 1. The summed E-state index contributed by atoms with van der Waals surface area (Å²) in [7, 11) is 2.03. The third-order valence-electron chi connectivity index (χ3n) is 4.13. The summed E-state index contributed by atoms with van der Waals surface area (Å²) in [5.41, 5.74) is 5.28. The topological polar surface area (TPSA) is 75.9 Å². The van der Waals surface area contributed by atoms with Crippen LogP contribution in [-0.2, 0) is 14.3 Å². The van der Waals surface area contributed by atoms with Crippen LogP contribution in [0.4, 0.5) is 0 Å². The fourth-order valence-electron chi connectivity index (χ4n) is 3.07. The minimum Gasteiger partial charge on any atom is -0.374 e. The average molecular weight is 283 g/mol. The lowest BCUT2D eigenvalue weighted by atomic mass is 10.1. The van der Waals surface area contributed by atoms with Crippen LogP contribution < -0.4 is 5.73 Å². The lowest BCUT2D eigenvalue weighted by molar-refractivity contribution is -0.141. The minimum atomic E-state index is -0.458. The van der Waals surface area contributed by atoms with Crippen molar-refractivity contribution in [3.63, 3.8) is 0 Å². The molecular formula is C14H25N3O3. The van der Waals surface area contributed by atoms with Crippen molar-refractivity contribution in [2.24, 2.45) is 11.7 Å². The molecule has 1 aliphatic heterocycles. The number of carbonyl (C=O) groups is 2. The maximum atomic E-state index is 12.5. The van der Waals surface area contributed by atoms with Crippen LogP contribution in [0.1, 0.15) is 25.7 Å². The van der Waals surface area contributed by atoms with E-state index in [1.54, 1.807) is 4.90 Å². The fourth-order valence-corrected chi connectivity index (χ4v) is 3.07. The number of nitrogens with zero attached hydrogens (tertiary/aromatic N) is 2. The van der Waals surface area contributed by atoms with Gasteiger partial charge in [0.25, 0.3) is 0 Å². The quantitative estimate of drug-likeness (QED) is 0.759. The van der Waals surface area contributed by atoms with Gasteiger partial charge in [0.1, 0.15) is 0 Å². The van der Waals surface area contributed by atoms with Crippen LogP contribution in [0.3, 0.4) is 0 Å². The van der Waals surface area contributed by atoms with Crippen LogP contribution in [0.25, 0.3) is 0 Å². The number of carbonyl (C=O) groups excluding carboxylic acids is 2. The molecule has 1 saturated heterocycles. The molecular weight excluding hydrogens is 258 g/mol. The highest BCUT2D eigenvalue weighted by Crippen LogP contribution is 2.26. The number of hydrogen-bond acceptors (Lipinski definition) is 4.